The molecule has 0 aliphatic carbocycles. The van der Waals surface area contributed by atoms with Crippen molar-refractivity contribution in [1.82, 2.24) is 10.9 Å². The van der Waals surface area contributed by atoms with Gasteiger partial charge in [0, 0.05) is 16.3 Å². The maximum absolute atomic E-state index is 11.6. The Morgan fingerprint density at radius 3 is 2.59 bits per heavy atom. The predicted octanol–water partition coefficient (Wildman–Crippen LogP) is 3.74. The Hall–Kier alpha value is -1.50. The fraction of sp³-hybridized carbons (Fsp3) is 0.200. The summed E-state index contributed by atoms with van der Waals surface area (Å²) in [7, 11) is 0. The molecule has 0 radical (unpaired) electrons. The SMILES string of the molecule is O=C(CCCSc1ccc(Cl)cc1)NNC(=O)c1cccs1. The van der Waals surface area contributed by atoms with Crippen LogP contribution in [0, 0.1) is 0 Å². The van der Waals surface area contributed by atoms with Crippen molar-refractivity contribution >= 4 is 46.5 Å². The van der Waals surface area contributed by atoms with E-state index in [0.29, 0.717) is 16.3 Å². The fourth-order valence-corrected chi connectivity index (χ4v) is 3.21. The maximum Gasteiger partial charge on any atom is 0.279 e. The fourth-order valence-electron chi connectivity index (χ4n) is 1.61. The average molecular weight is 355 g/mol. The molecule has 0 saturated heterocycles. The molecule has 1 aromatic carbocycles. The van der Waals surface area contributed by atoms with Crippen LogP contribution >= 0.6 is 34.7 Å². The van der Waals surface area contributed by atoms with Gasteiger partial charge in [0.25, 0.3) is 5.91 Å². The molecule has 0 aliphatic heterocycles. The lowest BCUT2D eigenvalue weighted by Crippen LogP contribution is -2.41. The van der Waals surface area contributed by atoms with Crippen LogP contribution in [0.25, 0.3) is 0 Å². The van der Waals surface area contributed by atoms with Crippen molar-refractivity contribution in [3.8, 4) is 0 Å². The van der Waals surface area contributed by atoms with Gasteiger partial charge in [-0.2, -0.15) is 0 Å². The van der Waals surface area contributed by atoms with E-state index in [1.807, 2.05) is 29.6 Å². The van der Waals surface area contributed by atoms with Crippen molar-refractivity contribution in [1.29, 1.82) is 0 Å². The molecule has 0 fully saturated rings. The van der Waals surface area contributed by atoms with E-state index in [0.717, 1.165) is 17.1 Å². The summed E-state index contributed by atoms with van der Waals surface area (Å²) in [6, 6.07) is 11.1. The molecule has 2 aromatic rings. The van der Waals surface area contributed by atoms with Crippen LogP contribution in [-0.2, 0) is 4.79 Å². The Labute approximate surface area is 142 Å². The molecule has 7 heteroatoms. The Morgan fingerprint density at radius 2 is 1.91 bits per heavy atom. The zero-order chi connectivity index (χ0) is 15.8. The van der Waals surface area contributed by atoms with Crippen LogP contribution in [0.15, 0.2) is 46.7 Å². The molecule has 1 aromatic heterocycles. The third-order valence-electron chi connectivity index (χ3n) is 2.69. The van der Waals surface area contributed by atoms with Gasteiger partial charge in [-0.15, -0.1) is 23.1 Å². The van der Waals surface area contributed by atoms with Gasteiger partial charge in [-0.05, 0) is 47.9 Å². The highest BCUT2D eigenvalue weighted by Gasteiger charge is 2.07. The second kappa shape index (κ2) is 8.82. The number of carbonyl (C=O) groups is 2. The lowest BCUT2D eigenvalue weighted by Gasteiger charge is -2.06. The summed E-state index contributed by atoms with van der Waals surface area (Å²) in [4.78, 5) is 24.9. The second-order valence-electron chi connectivity index (χ2n) is 4.39. The maximum atomic E-state index is 11.6. The minimum Gasteiger partial charge on any atom is -0.273 e. The highest BCUT2D eigenvalue weighted by molar-refractivity contribution is 7.99. The van der Waals surface area contributed by atoms with Crippen LogP contribution < -0.4 is 10.9 Å². The number of rotatable bonds is 6. The number of hydrogen-bond donors (Lipinski definition) is 2. The quantitative estimate of drug-likeness (QED) is 0.472. The van der Waals surface area contributed by atoms with Gasteiger partial charge in [-0.25, -0.2) is 0 Å². The number of halogens is 1. The first kappa shape index (κ1) is 16.9. The molecule has 0 bridgehead atoms. The molecule has 2 amide bonds. The van der Waals surface area contributed by atoms with Crippen LogP contribution in [0.3, 0.4) is 0 Å². The molecular formula is C15H15ClN2O2S2. The third kappa shape index (κ3) is 5.71. The summed E-state index contributed by atoms with van der Waals surface area (Å²) >= 11 is 8.81. The summed E-state index contributed by atoms with van der Waals surface area (Å²) in [5, 5.41) is 2.52. The average Bonchev–Trinajstić information content (AvgIpc) is 3.05. The van der Waals surface area contributed by atoms with Gasteiger partial charge in [0.15, 0.2) is 0 Å². The van der Waals surface area contributed by atoms with Gasteiger partial charge in [-0.3, -0.25) is 20.4 Å². The monoisotopic (exact) mass is 354 g/mol. The Bertz CT molecular complexity index is 615. The summed E-state index contributed by atoms with van der Waals surface area (Å²) in [6.07, 6.45) is 1.10. The van der Waals surface area contributed by atoms with E-state index in [9.17, 15) is 9.59 Å². The molecule has 0 aliphatic rings. The lowest BCUT2D eigenvalue weighted by atomic mass is 10.3. The van der Waals surface area contributed by atoms with Gasteiger partial charge >= 0.3 is 0 Å². The van der Waals surface area contributed by atoms with Gasteiger partial charge in [0.05, 0.1) is 4.88 Å². The normalized spacial score (nSPS) is 10.2. The number of thiophene rings is 1. The van der Waals surface area contributed by atoms with Crippen molar-refractivity contribution < 1.29 is 9.59 Å². The number of hydrazine groups is 1. The lowest BCUT2D eigenvalue weighted by molar-refractivity contribution is -0.121. The Balaban J connectivity index is 1.59. The van der Waals surface area contributed by atoms with Crippen LogP contribution in [0.4, 0.5) is 0 Å². The number of thioether (sulfide) groups is 1. The minimum atomic E-state index is -0.293. The Kier molecular flexibility index (Phi) is 6.76. The van der Waals surface area contributed by atoms with Crippen molar-refractivity contribution in [2.24, 2.45) is 0 Å². The molecule has 22 heavy (non-hydrogen) atoms. The third-order valence-corrected chi connectivity index (χ3v) is 4.91. The van der Waals surface area contributed by atoms with Gasteiger partial charge in [0.2, 0.25) is 5.91 Å². The van der Waals surface area contributed by atoms with E-state index in [1.165, 1.54) is 11.3 Å². The van der Waals surface area contributed by atoms with Crippen molar-refractivity contribution in [3.05, 3.63) is 51.7 Å². The summed E-state index contributed by atoms with van der Waals surface area (Å²) in [5.74, 6) is 0.342. The zero-order valence-electron chi connectivity index (χ0n) is 11.7. The van der Waals surface area contributed by atoms with Crippen LogP contribution in [-0.4, -0.2) is 17.6 Å². The molecule has 2 rings (SSSR count). The molecule has 4 nitrogen and oxygen atoms in total. The smallest absolute Gasteiger partial charge is 0.273 e. The van der Waals surface area contributed by atoms with Crippen molar-refractivity contribution in [2.75, 3.05) is 5.75 Å². The molecule has 2 N–H and O–H groups in total. The van der Waals surface area contributed by atoms with E-state index in [-0.39, 0.29) is 11.8 Å². The second-order valence-corrected chi connectivity index (χ2v) is 6.94. The summed E-state index contributed by atoms with van der Waals surface area (Å²) < 4.78 is 0. The van der Waals surface area contributed by atoms with E-state index >= 15 is 0 Å². The predicted molar refractivity (Wildman–Crippen MR) is 91.3 cm³/mol. The van der Waals surface area contributed by atoms with Crippen LogP contribution in [0.1, 0.15) is 22.5 Å². The van der Waals surface area contributed by atoms with E-state index in [2.05, 4.69) is 10.9 Å². The van der Waals surface area contributed by atoms with E-state index in [4.69, 9.17) is 11.6 Å². The summed E-state index contributed by atoms with van der Waals surface area (Å²) in [5.41, 5.74) is 4.82. The van der Waals surface area contributed by atoms with E-state index < -0.39 is 0 Å². The first-order valence-electron chi connectivity index (χ1n) is 6.66. The molecule has 0 saturated carbocycles. The van der Waals surface area contributed by atoms with Gasteiger partial charge in [0.1, 0.15) is 0 Å². The first-order valence-corrected chi connectivity index (χ1v) is 8.90. The molecule has 0 unspecified atom stereocenters. The summed E-state index contributed by atoms with van der Waals surface area (Å²) in [6.45, 7) is 0. The number of nitrogens with one attached hydrogen (secondary N) is 2. The highest BCUT2D eigenvalue weighted by Crippen LogP contribution is 2.21. The number of benzene rings is 1. The van der Waals surface area contributed by atoms with Crippen LogP contribution in [0.2, 0.25) is 5.02 Å². The topological polar surface area (TPSA) is 58.2 Å². The largest absolute Gasteiger partial charge is 0.279 e. The molecule has 0 atom stereocenters. The standard InChI is InChI=1S/C15H15ClN2O2S2/c16-11-5-7-12(8-6-11)21-9-2-4-14(19)17-18-15(20)13-3-1-10-22-13/h1,3,5-8,10H,2,4,9H2,(H,17,19)(H,18,20). The van der Waals surface area contributed by atoms with Crippen molar-refractivity contribution in [3.63, 3.8) is 0 Å². The zero-order valence-corrected chi connectivity index (χ0v) is 14.1. The number of hydrogen-bond acceptors (Lipinski definition) is 4. The Morgan fingerprint density at radius 1 is 1.14 bits per heavy atom. The van der Waals surface area contributed by atoms with E-state index in [1.54, 1.807) is 23.9 Å². The van der Waals surface area contributed by atoms with Gasteiger partial charge in [-0.1, -0.05) is 17.7 Å². The van der Waals surface area contributed by atoms with Gasteiger partial charge < -0.3 is 0 Å². The minimum absolute atomic E-state index is 0.193. The molecular weight excluding hydrogens is 340 g/mol. The van der Waals surface area contributed by atoms with Crippen LogP contribution in [0.5, 0.6) is 0 Å². The molecule has 1 heterocycles. The number of amides is 2. The highest BCUT2D eigenvalue weighted by atomic mass is 35.5. The van der Waals surface area contributed by atoms with Crippen molar-refractivity contribution in [2.45, 2.75) is 17.7 Å². The first-order chi connectivity index (χ1) is 10.6. The molecule has 0 spiro atoms. The number of carbonyl (C=O) groups excluding carboxylic acids is 2. The molecule has 116 valence electrons.